The third kappa shape index (κ3) is 2.20. The molecule has 0 unspecified atom stereocenters. The summed E-state index contributed by atoms with van der Waals surface area (Å²) in [7, 11) is 1.72. The van der Waals surface area contributed by atoms with E-state index < -0.39 is 5.91 Å². The molecule has 2 aromatic heterocycles. The van der Waals surface area contributed by atoms with Crippen LogP contribution in [0.1, 0.15) is 15.2 Å². The summed E-state index contributed by atoms with van der Waals surface area (Å²) in [5, 5.41) is 3.76. The van der Waals surface area contributed by atoms with Gasteiger partial charge in [-0.1, -0.05) is 0 Å². The normalized spacial score (nSPS) is 15.6. The molecule has 0 bridgehead atoms. The van der Waals surface area contributed by atoms with Crippen molar-refractivity contribution in [2.24, 2.45) is 12.8 Å². The molecule has 112 valence electrons. The number of hydrogen-bond acceptors (Lipinski definition) is 6. The molecule has 1 aliphatic heterocycles. The molecule has 1 fully saturated rings. The lowest BCUT2D eigenvalue weighted by atomic mass is 10.2. The third-order valence-electron chi connectivity index (χ3n) is 3.77. The Morgan fingerprint density at radius 3 is 2.67 bits per heavy atom. The van der Waals surface area contributed by atoms with Crippen LogP contribution >= 0.6 is 11.3 Å². The monoisotopic (exact) mass is 307 g/mol. The van der Waals surface area contributed by atoms with Gasteiger partial charge in [-0.15, -0.1) is 11.3 Å². The first kappa shape index (κ1) is 14.0. The van der Waals surface area contributed by atoms with Crippen molar-refractivity contribution in [3.63, 3.8) is 0 Å². The summed E-state index contributed by atoms with van der Waals surface area (Å²) in [5.74, 6) is 0.132. The van der Waals surface area contributed by atoms with Gasteiger partial charge in [0.05, 0.1) is 10.3 Å². The Morgan fingerprint density at radius 2 is 2.05 bits per heavy atom. The van der Waals surface area contributed by atoms with Gasteiger partial charge in [-0.2, -0.15) is 0 Å². The first-order valence-electron chi connectivity index (χ1n) is 6.76. The molecule has 2 aromatic rings. The van der Waals surface area contributed by atoms with Crippen molar-refractivity contribution in [2.45, 2.75) is 6.92 Å². The topological polar surface area (TPSA) is 93.2 Å². The van der Waals surface area contributed by atoms with Crippen LogP contribution in [0, 0.1) is 6.92 Å². The molecule has 21 heavy (non-hydrogen) atoms. The summed E-state index contributed by atoms with van der Waals surface area (Å²) in [6.45, 7) is 5.08. The number of nitrogens with two attached hydrogens (primary N) is 1. The number of piperazine rings is 1. The van der Waals surface area contributed by atoms with Gasteiger partial charge in [0.1, 0.15) is 4.83 Å². The fraction of sp³-hybridized carbons (Fsp3) is 0.462. The van der Waals surface area contributed by atoms with E-state index in [2.05, 4.69) is 15.2 Å². The Kier molecular flexibility index (Phi) is 3.42. The van der Waals surface area contributed by atoms with Crippen molar-refractivity contribution < 1.29 is 4.79 Å². The van der Waals surface area contributed by atoms with Gasteiger partial charge >= 0.3 is 0 Å². The van der Waals surface area contributed by atoms with Crippen molar-refractivity contribution in [2.75, 3.05) is 31.1 Å². The smallest absolute Gasteiger partial charge is 0.263 e. The molecule has 3 N–H and O–H groups in total. The van der Waals surface area contributed by atoms with Gasteiger partial charge in [0.15, 0.2) is 0 Å². The summed E-state index contributed by atoms with van der Waals surface area (Å²) in [6.07, 6.45) is 0. The average molecular weight is 307 g/mol. The Balaban J connectivity index is 2.22. The molecule has 0 spiro atoms. The highest BCUT2D eigenvalue weighted by Gasteiger charge is 2.22. The van der Waals surface area contributed by atoms with Crippen LogP contribution in [0.5, 0.6) is 0 Å². The fourth-order valence-corrected chi connectivity index (χ4v) is 3.65. The van der Waals surface area contributed by atoms with Crippen LogP contribution in [0.25, 0.3) is 10.2 Å². The van der Waals surface area contributed by atoms with Gasteiger partial charge in [0.25, 0.3) is 11.5 Å². The van der Waals surface area contributed by atoms with Crippen LogP contribution in [-0.4, -0.2) is 41.6 Å². The number of fused-ring (bicyclic) bond motifs is 1. The first-order valence-corrected chi connectivity index (χ1v) is 7.58. The van der Waals surface area contributed by atoms with E-state index in [0.717, 1.165) is 26.2 Å². The molecular formula is C13H17N5O2S. The maximum absolute atomic E-state index is 12.6. The lowest BCUT2D eigenvalue weighted by Crippen LogP contribution is -2.45. The molecule has 0 radical (unpaired) electrons. The van der Waals surface area contributed by atoms with E-state index in [1.54, 1.807) is 18.5 Å². The minimum Gasteiger partial charge on any atom is -0.365 e. The molecule has 1 aliphatic rings. The number of amides is 1. The van der Waals surface area contributed by atoms with E-state index in [-0.39, 0.29) is 5.56 Å². The van der Waals surface area contributed by atoms with Crippen LogP contribution < -0.4 is 21.5 Å². The van der Waals surface area contributed by atoms with E-state index >= 15 is 0 Å². The molecule has 0 aliphatic carbocycles. The van der Waals surface area contributed by atoms with Gasteiger partial charge in [-0.25, -0.2) is 4.98 Å². The van der Waals surface area contributed by atoms with Gasteiger partial charge in [0.2, 0.25) is 5.95 Å². The largest absolute Gasteiger partial charge is 0.365 e. The molecule has 0 aromatic carbocycles. The van der Waals surface area contributed by atoms with Crippen LogP contribution in [0.2, 0.25) is 0 Å². The van der Waals surface area contributed by atoms with Gasteiger partial charge < -0.3 is 16.0 Å². The summed E-state index contributed by atoms with van der Waals surface area (Å²) in [5.41, 5.74) is 5.86. The molecule has 1 saturated heterocycles. The SMILES string of the molecule is Cc1c(C(N)=O)sc2nc(N3CCNCC3)n(C)c(=O)c12. The lowest BCUT2D eigenvalue weighted by Gasteiger charge is -2.29. The lowest BCUT2D eigenvalue weighted by molar-refractivity contribution is 0.100. The number of aryl methyl sites for hydroxylation is 1. The standard InChI is InChI=1S/C13H17N5O2S/c1-7-8-11(21-9(7)10(14)19)16-13(17(2)12(8)20)18-5-3-15-4-6-18/h15H,3-6H2,1-2H3,(H2,14,19). The Bertz CT molecular complexity index is 773. The summed E-state index contributed by atoms with van der Waals surface area (Å²) in [4.78, 5) is 31.7. The maximum atomic E-state index is 12.6. The number of nitrogens with one attached hydrogen (secondary N) is 1. The molecule has 7 nitrogen and oxygen atoms in total. The second kappa shape index (κ2) is 5.12. The van der Waals surface area contributed by atoms with Crippen molar-refractivity contribution in [3.8, 4) is 0 Å². The number of nitrogens with zero attached hydrogens (tertiary/aromatic N) is 3. The minimum absolute atomic E-state index is 0.130. The number of hydrogen-bond donors (Lipinski definition) is 2. The summed E-state index contributed by atoms with van der Waals surface area (Å²) in [6, 6.07) is 0. The number of aromatic nitrogens is 2. The third-order valence-corrected chi connectivity index (χ3v) is 4.97. The van der Waals surface area contributed by atoms with Crippen molar-refractivity contribution >= 4 is 33.4 Å². The fourth-order valence-electron chi connectivity index (χ4n) is 2.64. The second-order valence-corrected chi connectivity index (χ2v) is 6.11. The Labute approximate surface area is 125 Å². The number of anilines is 1. The van der Waals surface area contributed by atoms with Crippen molar-refractivity contribution in [1.82, 2.24) is 14.9 Å². The van der Waals surface area contributed by atoms with Crippen molar-refractivity contribution in [3.05, 3.63) is 20.8 Å². The van der Waals surface area contributed by atoms with E-state index in [0.29, 0.717) is 26.6 Å². The highest BCUT2D eigenvalue weighted by Crippen LogP contribution is 2.28. The highest BCUT2D eigenvalue weighted by atomic mass is 32.1. The van der Waals surface area contributed by atoms with Crippen LogP contribution in [0.4, 0.5) is 5.95 Å². The molecule has 3 rings (SSSR count). The molecule has 8 heteroatoms. The second-order valence-electron chi connectivity index (χ2n) is 5.11. The van der Waals surface area contributed by atoms with E-state index in [4.69, 9.17) is 5.73 Å². The summed E-state index contributed by atoms with van der Waals surface area (Å²) >= 11 is 1.19. The number of carbonyl (C=O) groups excluding carboxylic acids is 1. The zero-order chi connectivity index (χ0) is 15.1. The number of carbonyl (C=O) groups is 1. The number of primary amides is 1. The predicted molar refractivity (Wildman–Crippen MR) is 83.2 cm³/mol. The number of thiophene rings is 1. The van der Waals surface area contributed by atoms with Crippen LogP contribution in [0.15, 0.2) is 4.79 Å². The van der Waals surface area contributed by atoms with E-state index in [1.165, 1.54) is 11.3 Å². The molecular weight excluding hydrogens is 290 g/mol. The first-order chi connectivity index (χ1) is 10.0. The van der Waals surface area contributed by atoms with Crippen molar-refractivity contribution in [1.29, 1.82) is 0 Å². The van der Waals surface area contributed by atoms with E-state index in [9.17, 15) is 9.59 Å². The predicted octanol–water partition coefficient (Wildman–Crippen LogP) is -0.188. The zero-order valence-electron chi connectivity index (χ0n) is 12.0. The Morgan fingerprint density at radius 1 is 1.38 bits per heavy atom. The quantitative estimate of drug-likeness (QED) is 0.802. The van der Waals surface area contributed by atoms with E-state index in [1.807, 2.05) is 0 Å². The summed E-state index contributed by atoms with van der Waals surface area (Å²) < 4.78 is 1.55. The number of rotatable bonds is 2. The van der Waals surface area contributed by atoms with Gasteiger partial charge in [-0.3, -0.25) is 14.2 Å². The maximum Gasteiger partial charge on any atom is 0.263 e. The zero-order valence-corrected chi connectivity index (χ0v) is 12.8. The average Bonchev–Trinajstić information content (AvgIpc) is 2.81. The van der Waals surface area contributed by atoms with Crippen LogP contribution in [-0.2, 0) is 7.05 Å². The van der Waals surface area contributed by atoms with Crippen LogP contribution in [0.3, 0.4) is 0 Å². The van der Waals surface area contributed by atoms with Gasteiger partial charge in [0, 0.05) is 33.2 Å². The highest BCUT2D eigenvalue weighted by molar-refractivity contribution is 7.20. The molecule has 3 heterocycles. The van der Waals surface area contributed by atoms with Gasteiger partial charge in [-0.05, 0) is 12.5 Å². The molecule has 0 saturated carbocycles. The molecule has 0 atom stereocenters. The molecule has 1 amide bonds. The Hall–Kier alpha value is -1.93. The minimum atomic E-state index is -0.513.